The van der Waals surface area contributed by atoms with E-state index in [4.69, 9.17) is 11.5 Å². The van der Waals surface area contributed by atoms with Gasteiger partial charge in [0.1, 0.15) is 0 Å². The number of hydrogen-bond donors (Lipinski definition) is 3. The fourth-order valence-corrected chi connectivity index (χ4v) is 18.9. The molecule has 0 atom stereocenters. The van der Waals surface area contributed by atoms with Gasteiger partial charge in [-0.3, -0.25) is 0 Å². The zero-order chi connectivity index (χ0) is 20.4. The van der Waals surface area contributed by atoms with Crippen LogP contribution in [0.4, 0.5) is 0 Å². The van der Waals surface area contributed by atoms with Gasteiger partial charge in [-0.15, -0.1) is 0 Å². The van der Waals surface area contributed by atoms with Crippen LogP contribution in [-0.4, -0.2) is 28.9 Å². The molecule has 0 bridgehead atoms. The number of imidazole rings is 1. The van der Waals surface area contributed by atoms with Crippen molar-refractivity contribution >= 4 is 27.9 Å². The van der Waals surface area contributed by atoms with Crippen LogP contribution in [0.5, 0.6) is 0 Å². The van der Waals surface area contributed by atoms with Crippen molar-refractivity contribution in [3.05, 3.63) is 48.5 Å². The summed E-state index contributed by atoms with van der Waals surface area (Å²) in [6, 6.07) is 9.24. The third-order valence-electron chi connectivity index (χ3n) is 5.65. The number of guanidine groups is 1. The summed E-state index contributed by atoms with van der Waals surface area (Å²) in [4.78, 5) is 3.07. The third kappa shape index (κ3) is 6.53. The molecule has 5 nitrogen and oxygen atoms in total. The van der Waals surface area contributed by atoms with Gasteiger partial charge >= 0.3 is 175 Å². The monoisotopic (exact) mass is 493 g/mol. The van der Waals surface area contributed by atoms with Crippen molar-refractivity contribution in [2.75, 3.05) is 0 Å². The van der Waals surface area contributed by atoms with Crippen LogP contribution in [0, 0.1) is 0 Å². The second kappa shape index (κ2) is 11.5. The van der Waals surface area contributed by atoms with E-state index in [1.165, 1.54) is 44.7 Å². The van der Waals surface area contributed by atoms with Crippen LogP contribution in [0.1, 0.15) is 52.0 Å². The van der Waals surface area contributed by atoms with E-state index in [1.54, 1.807) is 3.58 Å². The normalized spacial score (nSPS) is 11.5. The van der Waals surface area contributed by atoms with Gasteiger partial charge in [0.15, 0.2) is 0 Å². The molecule has 2 rings (SSSR count). The maximum atomic E-state index is 5.60. The van der Waals surface area contributed by atoms with E-state index in [-0.39, 0.29) is 5.96 Å². The minimum atomic E-state index is -2.63. The number of aromatic nitrogens is 2. The van der Waals surface area contributed by atoms with E-state index >= 15 is 0 Å². The van der Waals surface area contributed by atoms with Crippen LogP contribution in [0.2, 0.25) is 8.87 Å². The van der Waals surface area contributed by atoms with E-state index < -0.39 is 18.4 Å². The number of aryl methyl sites for hydroxylation is 1. The molecule has 0 unspecified atom stereocenters. The number of nitrogens with one attached hydrogen (secondary N) is 1. The topological polar surface area (TPSA) is 74.8 Å². The molecule has 0 saturated carbocycles. The van der Waals surface area contributed by atoms with Gasteiger partial charge in [0.2, 0.25) is 0 Å². The van der Waals surface area contributed by atoms with Crippen LogP contribution >= 0.6 is 0 Å². The summed E-state index contributed by atoms with van der Waals surface area (Å²) in [7, 11) is 0. The van der Waals surface area contributed by atoms with E-state index in [0.717, 1.165) is 6.54 Å². The summed E-state index contributed by atoms with van der Waals surface area (Å²) in [6.45, 7) is 8.55. The molecule has 0 radical (unpaired) electrons. The van der Waals surface area contributed by atoms with E-state index in [9.17, 15) is 0 Å². The summed E-state index contributed by atoms with van der Waals surface area (Å²) in [5.74, 6) is 0.286. The molecular formula is C22H39N5Sn+2. The number of hydrogen-bond acceptors (Lipinski definition) is 0. The summed E-state index contributed by atoms with van der Waals surface area (Å²) in [6.07, 6.45) is 12.0. The molecule has 0 aliphatic heterocycles. The molecule has 0 amide bonds. The van der Waals surface area contributed by atoms with E-state index in [0.29, 0.717) is 6.54 Å². The molecule has 1 aromatic heterocycles. The van der Waals surface area contributed by atoms with Gasteiger partial charge < -0.3 is 0 Å². The molecule has 0 saturated heterocycles. The van der Waals surface area contributed by atoms with Gasteiger partial charge in [0, 0.05) is 0 Å². The Hall–Kier alpha value is -1.50. The molecule has 154 valence electrons. The standard InChI is InChI=1S/C8H10N3.C6H10N2.2C4H9.Sn/c9-8(10)11-6-7-4-2-1-3-5-7;1-3-8-5-4-7(2)6-8;2*1-3-4-2;/h1-2,4-5H,6H2,(H4,9,10,11);4-6H,2-3H2,1H3;2*1,3-4H2,2H3;/q;+1;;;/p+1. The molecule has 0 spiro atoms. The maximum absolute atomic E-state index is 5.60. The number of unbranched alkanes of at least 4 members (excludes halogenated alkanes) is 2. The predicted octanol–water partition coefficient (Wildman–Crippen LogP) is 1.14. The quantitative estimate of drug-likeness (QED) is 0.180. The van der Waals surface area contributed by atoms with Crippen LogP contribution in [-0.2, 0) is 17.7 Å². The zero-order valence-corrected chi connectivity index (χ0v) is 20.8. The van der Waals surface area contributed by atoms with Gasteiger partial charge in [-0.05, 0) is 0 Å². The van der Waals surface area contributed by atoms with Gasteiger partial charge in [-0.1, -0.05) is 0 Å². The first-order chi connectivity index (χ1) is 13.5. The molecule has 28 heavy (non-hydrogen) atoms. The second-order valence-corrected chi connectivity index (χ2v) is 20.6. The van der Waals surface area contributed by atoms with E-state index in [2.05, 4.69) is 77.9 Å². The second-order valence-electron chi connectivity index (χ2n) is 7.91. The average Bonchev–Trinajstić information content (AvgIpc) is 3.16. The van der Waals surface area contributed by atoms with E-state index in [1.807, 2.05) is 0 Å². The Morgan fingerprint density at radius 2 is 1.82 bits per heavy atom. The van der Waals surface area contributed by atoms with Gasteiger partial charge in [-0.25, -0.2) is 0 Å². The number of rotatable bonds is 12. The summed E-state index contributed by atoms with van der Waals surface area (Å²) in [5.41, 5.74) is 12.5. The Kier molecular flexibility index (Phi) is 9.35. The van der Waals surface area contributed by atoms with Gasteiger partial charge in [0.05, 0.1) is 0 Å². The number of nitrogens with zero attached hydrogens (tertiary/aromatic N) is 2. The van der Waals surface area contributed by atoms with Crippen molar-refractivity contribution in [2.24, 2.45) is 11.5 Å². The van der Waals surface area contributed by atoms with Crippen LogP contribution in [0.25, 0.3) is 0 Å². The summed E-state index contributed by atoms with van der Waals surface area (Å²) < 4.78 is 10.4. The molecule has 0 aliphatic carbocycles. The molecule has 1 heterocycles. The number of benzene rings is 1. The average molecular weight is 492 g/mol. The van der Waals surface area contributed by atoms with Crippen molar-refractivity contribution < 1.29 is 9.56 Å². The molecular weight excluding hydrogens is 453 g/mol. The Morgan fingerprint density at radius 1 is 1.11 bits per heavy atom. The molecule has 5 N–H and O–H groups in total. The van der Waals surface area contributed by atoms with Crippen LogP contribution in [0.15, 0.2) is 43.0 Å². The molecule has 0 fully saturated rings. The summed E-state index contributed by atoms with van der Waals surface area (Å²) in [5, 5.41) is 0. The zero-order valence-electron chi connectivity index (χ0n) is 18.0. The molecule has 6 heteroatoms. The Balaban J connectivity index is 2.42. The SMILES string of the molecule is CCC[CH2][Sn]([CH2]CCC)([CH2][n+]1ccn(CC)c1)[c]1cccc(C[NH+]=C(N)N)c1. The van der Waals surface area contributed by atoms with Crippen molar-refractivity contribution in [3.8, 4) is 0 Å². The fourth-order valence-electron chi connectivity index (χ4n) is 3.98. The predicted molar refractivity (Wildman–Crippen MR) is 120 cm³/mol. The Morgan fingerprint density at radius 3 is 2.39 bits per heavy atom. The van der Waals surface area contributed by atoms with Gasteiger partial charge in [0.25, 0.3) is 0 Å². The Labute approximate surface area is 174 Å². The number of nitrogens with two attached hydrogens (primary N) is 2. The minimum absolute atomic E-state index is 0.286. The molecule has 1 aromatic carbocycles. The van der Waals surface area contributed by atoms with Crippen molar-refractivity contribution in [3.63, 3.8) is 0 Å². The van der Waals surface area contributed by atoms with Crippen molar-refractivity contribution in [1.29, 1.82) is 0 Å². The molecule has 0 aliphatic rings. The van der Waals surface area contributed by atoms with Crippen molar-refractivity contribution in [2.45, 2.75) is 73.0 Å². The third-order valence-corrected chi connectivity index (χ3v) is 20.3. The molecule has 2 aromatic rings. The van der Waals surface area contributed by atoms with Crippen LogP contribution in [0.3, 0.4) is 0 Å². The van der Waals surface area contributed by atoms with Gasteiger partial charge in [-0.2, -0.15) is 0 Å². The fraction of sp³-hybridized carbons (Fsp3) is 0.545. The Bertz CT molecular complexity index is 741. The first-order valence-electron chi connectivity index (χ1n) is 10.8. The van der Waals surface area contributed by atoms with Crippen LogP contribution < -0.4 is 24.6 Å². The van der Waals surface area contributed by atoms with Crippen molar-refractivity contribution in [1.82, 2.24) is 4.57 Å². The first kappa shape index (κ1) is 22.8. The summed E-state index contributed by atoms with van der Waals surface area (Å²) >= 11 is -2.63. The first-order valence-corrected chi connectivity index (χ1v) is 18.3.